The molecule has 0 amide bonds. The molecule has 0 aliphatic heterocycles. The Morgan fingerprint density at radius 2 is 1.56 bits per heavy atom. The minimum Gasteiger partial charge on any atom is -0.369 e. The zero-order valence-electron chi connectivity index (χ0n) is 17.8. The Kier molecular flexibility index (Phi) is 6.69. The molecule has 0 saturated heterocycles. The molecule has 0 radical (unpaired) electrons. The van der Waals surface area contributed by atoms with Crippen LogP contribution in [0.2, 0.25) is 5.02 Å². The quantitative estimate of drug-likeness (QED) is 0.269. The van der Waals surface area contributed by atoms with Crippen molar-refractivity contribution in [3.8, 4) is 5.69 Å². The predicted octanol–water partition coefficient (Wildman–Crippen LogP) is 6.70. The smallest absolute Gasteiger partial charge is 0.369 e. The Hall–Kier alpha value is -2.89. The molecule has 0 aliphatic carbocycles. The highest BCUT2D eigenvalue weighted by atomic mass is 79.9. The molecule has 188 valence electrons. The Morgan fingerprint density at radius 3 is 2.17 bits per heavy atom. The van der Waals surface area contributed by atoms with Gasteiger partial charge in [0.25, 0.3) is 11.2 Å². The van der Waals surface area contributed by atoms with Crippen LogP contribution in [0.15, 0.2) is 76.0 Å². The third-order valence-corrected chi connectivity index (χ3v) is 6.91. The molecule has 1 heterocycles. The maximum Gasteiger partial charge on any atom is 0.430 e. The summed E-state index contributed by atoms with van der Waals surface area (Å²) in [6, 6.07) is 14.6. The third-order valence-electron chi connectivity index (χ3n) is 5.55. The largest absolute Gasteiger partial charge is 0.430 e. The van der Waals surface area contributed by atoms with E-state index in [0.29, 0.717) is 17.7 Å². The summed E-state index contributed by atoms with van der Waals surface area (Å²) in [6.45, 7) is 0. The maximum atomic E-state index is 13.6. The molecule has 1 aromatic heterocycles. The van der Waals surface area contributed by atoms with Crippen LogP contribution >= 0.6 is 27.5 Å². The van der Waals surface area contributed by atoms with Crippen LogP contribution in [0.3, 0.4) is 0 Å². The third kappa shape index (κ3) is 4.39. The van der Waals surface area contributed by atoms with Gasteiger partial charge >= 0.3 is 12.4 Å². The summed E-state index contributed by atoms with van der Waals surface area (Å²) >= 11 is 9.31. The fourth-order valence-electron chi connectivity index (χ4n) is 3.78. The second-order valence-electron chi connectivity index (χ2n) is 7.84. The topological polar surface area (TPSA) is 55.1 Å². The molecule has 4 nitrogen and oxygen atoms in total. The Bertz CT molecular complexity index is 1490. The molecule has 4 aromatic rings. The van der Waals surface area contributed by atoms with Crippen LogP contribution < -0.4 is 5.56 Å². The minimum absolute atomic E-state index is 0.0216. The monoisotopic (exact) mass is 590 g/mol. The van der Waals surface area contributed by atoms with Gasteiger partial charge in [0.05, 0.1) is 26.1 Å². The number of aromatic nitrogens is 2. The first-order valence-electron chi connectivity index (χ1n) is 10.2. The number of fused-ring (bicyclic) bond motifs is 1. The van der Waals surface area contributed by atoms with Gasteiger partial charge in [0.1, 0.15) is 5.82 Å². The van der Waals surface area contributed by atoms with Gasteiger partial charge in [-0.1, -0.05) is 54.1 Å². The molecule has 0 saturated carbocycles. The lowest BCUT2D eigenvalue weighted by molar-refractivity contribution is -0.376. The molecule has 4 rings (SSSR count). The maximum absolute atomic E-state index is 13.6. The molecule has 0 aliphatic rings. The first-order chi connectivity index (χ1) is 16.8. The van der Waals surface area contributed by atoms with E-state index in [9.17, 15) is 36.2 Å². The lowest BCUT2D eigenvalue weighted by Crippen LogP contribution is -2.54. The van der Waals surface area contributed by atoms with Gasteiger partial charge in [0, 0.05) is 12.0 Å². The molecular weight excluding hydrogens is 578 g/mol. The van der Waals surface area contributed by atoms with Crippen LogP contribution in [0.25, 0.3) is 16.6 Å². The van der Waals surface area contributed by atoms with Gasteiger partial charge in [-0.15, -0.1) is 0 Å². The van der Waals surface area contributed by atoms with Crippen LogP contribution in [0.4, 0.5) is 26.3 Å². The van der Waals surface area contributed by atoms with Crippen molar-refractivity contribution in [2.24, 2.45) is 0 Å². The first-order valence-corrected chi connectivity index (χ1v) is 11.3. The van der Waals surface area contributed by atoms with Gasteiger partial charge in [-0.3, -0.25) is 9.36 Å². The van der Waals surface area contributed by atoms with E-state index < -0.39 is 29.1 Å². The summed E-state index contributed by atoms with van der Waals surface area (Å²) < 4.78 is 82.1. The molecule has 0 spiro atoms. The van der Waals surface area contributed by atoms with Gasteiger partial charge < -0.3 is 5.11 Å². The molecule has 3 aromatic carbocycles. The number of hydrogen-bond donors (Lipinski definition) is 1. The summed E-state index contributed by atoms with van der Waals surface area (Å²) in [5.41, 5.74) is -6.88. The van der Waals surface area contributed by atoms with Crippen LogP contribution in [0.1, 0.15) is 17.0 Å². The SMILES string of the molecule is O=c1c2c(Br)c(Cl)ccc2nc(Cc2ccccc2)n1-c1cccc(C(O)(C(F)(F)F)C(F)(F)F)c1. The zero-order chi connectivity index (χ0) is 26.5. The van der Waals surface area contributed by atoms with Crippen LogP contribution in [-0.2, 0) is 12.0 Å². The van der Waals surface area contributed by atoms with E-state index in [2.05, 4.69) is 20.9 Å². The summed E-state index contributed by atoms with van der Waals surface area (Å²) in [5.74, 6) is 0.0487. The number of rotatable bonds is 4. The van der Waals surface area contributed by atoms with Crippen LogP contribution in [0, 0.1) is 0 Å². The molecule has 1 N–H and O–H groups in total. The van der Waals surface area contributed by atoms with Gasteiger partial charge in [-0.25, -0.2) is 4.98 Å². The summed E-state index contributed by atoms with van der Waals surface area (Å²) in [6.07, 6.45) is -12.1. The van der Waals surface area contributed by atoms with Crippen molar-refractivity contribution in [1.82, 2.24) is 9.55 Å². The second kappa shape index (κ2) is 9.20. The van der Waals surface area contributed by atoms with E-state index in [4.69, 9.17) is 11.6 Å². The number of benzene rings is 3. The van der Waals surface area contributed by atoms with Gasteiger partial charge in [0.2, 0.25) is 0 Å². The van der Waals surface area contributed by atoms with E-state index in [1.165, 1.54) is 12.1 Å². The van der Waals surface area contributed by atoms with Gasteiger partial charge in [-0.2, -0.15) is 26.3 Å². The van der Waals surface area contributed by atoms with Crippen LogP contribution in [0.5, 0.6) is 0 Å². The molecule has 0 unspecified atom stereocenters. The lowest BCUT2D eigenvalue weighted by atomic mass is 9.92. The average Bonchev–Trinajstić information content (AvgIpc) is 2.80. The van der Waals surface area contributed by atoms with E-state index in [1.807, 2.05) is 0 Å². The Labute approximate surface area is 212 Å². The molecule has 0 atom stereocenters. The average molecular weight is 592 g/mol. The molecular formula is C24H14BrClF6N2O2. The molecule has 0 bridgehead atoms. The van der Waals surface area contributed by atoms with Crippen molar-refractivity contribution in [2.75, 3.05) is 0 Å². The predicted molar refractivity (Wildman–Crippen MR) is 125 cm³/mol. The summed E-state index contributed by atoms with van der Waals surface area (Å²) in [5, 5.41) is 10.0. The normalized spacial score (nSPS) is 12.8. The van der Waals surface area contributed by atoms with E-state index in [-0.39, 0.29) is 38.3 Å². The first kappa shape index (κ1) is 26.2. The Morgan fingerprint density at radius 1 is 0.917 bits per heavy atom. The summed E-state index contributed by atoms with van der Waals surface area (Å²) in [7, 11) is 0. The van der Waals surface area contributed by atoms with E-state index >= 15 is 0 Å². The fraction of sp³-hybridized carbons (Fsp3) is 0.167. The van der Waals surface area contributed by atoms with Crippen LogP contribution in [-0.4, -0.2) is 27.0 Å². The van der Waals surface area contributed by atoms with Crippen molar-refractivity contribution in [1.29, 1.82) is 0 Å². The molecule has 0 fully saturated rings. The second-order valence-corrected chi connectivity index (χ2v) is 9.04. The van der Waals surface area contributed by atoms with E-state index in [1.54, 1.807) is 30.3 Å². The molecule has 12 heteroatoms. The lowest BCUT2D eigenvalue weighted by Gasteiger charge is -2.33. The van der Waals surface area contributed by atoms with Crippen molar-refractivity contribution in [2.45, 2.75) is 24.4 Å². The number of halogens is 8. The highest BCUT2D eigenvalue weighted by Gasteiger charge is 2.71. The highest BCUT2D eigenvalue weighted by Crippen LogP contribution is 2.50. The van der Waals surface area contributed by atoms with Crippen molar-refractivity contribution < 1.29 is 31.4 Å². The van der Waals surface area contributed by atoms with Crippen molar-refractivity contribution in [3.63, 3.8) is 0 Å². The number of hydrogen-bond acceptors (Lipinski definition) is 3. The number of nitrogens with zero attached hydrogens (tertiary/aromatic N) is 2. The van der Waals surface area contributed by atoms with Gasteiger partial charge in [0.15, 0.2) is 0 Å². The standard InChI is InChI=1S/C24H14BrClF6N2O2/c25-20-16(26)9-10-17-19(20)21(35)34(18(33-17)11-13-5-2-1-3-6-13)15-8-4-7-14(12-15)22(36,23(27,28)29)24(30,31)32/h1-10,12,36H,11H2. The van der Waals surface area contributed by atoms with Crippen molar-refractivity contribution >= 4 is 38.4 Å². The number of alkyl halides is 6. The highest BCUT2D eigenvalue weighted by molar-refractivity contribution is 9.10. The molecule has 36 heavy (non-hydrogen) atoms. The minimum atomic E-state index is -6.08. The fourth-order valence-corrected chi connectivity index (χ4v) is 4.44. The summed E-state index contributed by atoms with van der Waals surface area (Å²) in [4.78, 5) is 18.1. The van der Waals surface area contributed by atoms with Gasteiger partial charge in [-0.05, 0) is 45.8 Å². The van der Waals surface area contributed by atoms with E-state index in [0.717, 1.165) is 16.7 Å². The Balaban J connectivity index is 2.04. The van der Waals surface area contributed by atoms with Crippen molar-refractivity contribution in [3.05, 3.63) is 104 Å². The number of aliphatic hydroxyl groups is 1. The zero-order valence-corrected chi connectivity index (χ0v) is 20.2.